The summed E-state index contributed by atoms with van der Waals surface area (Å²) in [4.78, 5) is 22.8. The van der Waals surface area contributed by atoms with Gasteiger partial charge in [0.05, 0.1) is 10.5 Å². The van der Waals surface area contributed by atoms with Gasteiger partial charge in [0.2, 0.25) is 10.0 Å². The molecule has 0 aliphatic rings. The van der Waals surface area contributed by atoms with E-state index in [2.05, 4.69) is 4.72 Å². The smallest absolute Gasteiger partial charge is 0.338 e. The van der Waals surface area contributed by atoms with Crippen LogP contribution in [0.5, 0.6) is 0 Å². The molecule has 122 valence electrons. The van der Waals surface area contributed by atoms with Crippen molar-refractivity contribution in [3.8, 4) is 0 Å². The van der Waals surface area contributed by atoms with Crippen LogP contribution in [0.25, 0.3) is 0 Å². The molecule has 0 aliphatic carbocycles. The molecule has 0 spiro atoms. The van der Waals surface area contributed by atoms with E-state index in [0.717, 1.165) is 0 Å². The first-order valence-electron chi connectivity index (χ1n) is 6.73. The maximum Gasteiger partial charge on any atom is 0.338 e. The number of carbonyl (C=O) groups is 2. The minimum Gasteiger partial charge on any atom is -0.454 e. The summed E-state index contributed by atoms with van der Waals surface area (Å²) in [7, 11) is -3.75. The zero-order valence-corrected chi connectivity index (χ0v) is 14.2. The number of ether oxygens (including phenoxy) is 1. The van der Waals surface area contributed by atoms with E-state index in [9.17, 15) is 18.0 Å². The van der Waals surface area contributed by atoms with E-state index in [4.69, 9.17) is 4.74 Å². The summed E-state index contributed by atoms with van der Waals surface area (Å²) < 4.78 is 31.9. The lowest BCUT2D eigenvalue weighted by molar-refractivity contribution is -0.120. The van der Waals surface area contributed by atoms with E-state index in [-0.39, 0.29) is 22.8 Å². The Hall–Kier alpha value is -1.73. The minimum atomic E-state index is -3.75. The second-order valence-electron chi connectivity index (χ2n) is 6.11. The predicted molar refractivity (Wildman–Crippen MR) is 82.2 cm³/mol. The monoisotopic (exact) mass is 327 g/mol. The van der Waals surface area contributed by atoms with Crippen molar-refractivity contribution in [2.45, 2.75) is 45.1 Å². The van der Waals surface area contributed by atoms with Crippen molar-refractivity contribution >= 4 is 21.8 Å². The number of hydrogen-bond acceptors (Lipinski definition) is 5. The van der Waals surface area contributed by atoms with Gasteiger partial charge in [0.15, 0.2) is 5.78 Å². The van der Waals surface area contributed by atoms with Crippen molar-refractivity contribution in [2.24, 2.45) is 0 Å². The Kier molecular flexibility index (Phi) is 5.48. The topological polar surface area (TPSA) is 89.5 Å². The van der Waals surface area contributed by atoms with Gasteiger partial charge in [-0.1, -0.05) is 6.07 Å². The number of ketones is 1. The zero-order chi connectivity index (χ0) is 17.1. The lowest BCUT2D eigenvalue weighted by Crippen LogP contribution is -2.40. The first-order valence-corrected chi connectivity index (χ1v) is 8.22. The third kappa shape index (κ3) is 5.23. The van der Waals surface area contributed by atoms with Crippen LogP contribution < -0.4 is 4.72 Å². The molecule has 0 unspecified atom stereocenters. The van der Waals surface area contributed by atoms with Crippen molar-refractivity contribution in [3.63, 3.8) is 0 Å². The van der Waals surface area contributed by atoms with Gasteiger partial charge in [0.1, 0.15) is 6.61 Å². The zero-order valence-electron chi connectivity index (χ0n) is 13.4. The number of benzene rings is 1. The molecular formula is C15H21NO5S. The highest BCUT2D eigenvalue weighted by atomic mass is 32.2. The Morgan fingerprint density at radius 3 is 2.32 bits per heavy atom. The highest BCUT2D eigenvalue weighted by molar-refractivity contribution is 7.89. The molecule has 1 aromatic rings. The lowest BCUT2D eigenvalue weighted by atomic mass is 10.1. The lowest BCUT2D eigenvalue weighted by Gasteiger charge is -2.20. The van der Waals surface area contributed by atoms with E-state index in [1.807, 2.05) is 0 Å². The number of nitrogens with one attached hydrogen (secondary N) is 1. The second kappa shape index (κ2) is 6.58. The minimum absolute atomic E-state index is 0.0252. The van der Waals surface area contributed by atoms with Gasteiger partial charge in [0, 0.05) is 5.54 Å². The maximum absolute atomic E-state index is 12.3. The molecular weight excluding hydrogens is 306 g/mol. The van der Waals surface area contributed by atoms with E-state index in [1.54, 1.807) is 27.7 Å². The molecule has 1 N–H and O–H groups in total. The van der Waals surface area contributed by atoms with Gasteiger partial charge in [-0.3, -0.25) is 4.79 Å². The molecule has 22 heavy (non-hydrogen) atoms. The SMILES string of the molecule is CC(=O)COC(=O)c1cc(S(=O)(=O)NC(C)(C)C)ccc1C. The van der Waals surface area contributed by atoms with Gasteiger partial charge >= 0.3 is 5.97 Å². The highest BCUT2D eigenvalue weighted by Gasteiger charge is 2.23. The summed E-state index contributed by atoms with van der Waals surface area (Å²) in [6.07, 6.45) is 0. The van der Waals surface area contributed by atoms with Crippen molar-refractivity contribution in [1.29, 1.82) is 0 Å². The van der Waals surface area contributed by atoms with Crippen molar-refractivity contribution < 1.29 is 22.7 Å². The van der Waals surface area contributed by atoms with Crippen LogP contribution in [0.15, 0.2) is 23.1 Å². The highest BCUT2D eigenvalue weighted by Crippen LogP contribution is 2.18. The van der Waals surface area contributed by atoms with Crippen LogP contribution in [0.1, 0.15) is 43.6 Å². The van der Waals surface area contributed by atoms with E-state index >= 15 is 0 Å². The average Bonchev–Trinajstić information content (AvgIpc) is 2.33. The summed E-state index contributed by atoms with van der Waals surface area (Å²) in [5, 5.41) is 0. The summed E-state index contributed by atoms with van der Waals surface area (Å²) >= 11 is 0. The van der Waals surface area contributed by atoms with Crippen LogP contribution in [0.2, 0.25) is 0 Å². The molecule has 0 aliphatic heterocycles. The molecule has 0 bridgehead atoms. The summed E-state index contributed by atoms with van der Waals surface area (Å²) in [5.41, 5.74) is 0.0558. The fourth-order valence-electron chi connectivity index (χ4n) is 1.70. The molecule has 1 rings (SSSR count). The van der Waals surface area contributed by atoms with Crippen LogP contribution in [0.3, 0.4) is 0 Å². The number of sulfonamides is 1. The van der Waals surface area contributed by atoms with Gasteiger partial charge in [-0.15, -0.1) is 0 Å². The van der Waals surface area contributed by atoms with Crippen LogP contribution >= 0.6 is 0 Å². The molecule has 0 amide bonds. The molecule has 0 atom stereocenters. The number of esters is 1. The van der Waals surface area contributed by atoms with Crippen molar-refractivity contribution in [3.05, 3.63) is 29.3 Å². The third-order valence-corrected chi connectivity index (χ3v) is 4.34. The molecule has 1 aromatic carbocycles. The quantitative estimate of drug-likeness (QED) is 0.833. The van der Waals surface area contributed by atoms with E-state index < -0.39 is 21.5 Å². The molecule has 0 saturated heterocycles. The Morgan fingerprint density at radius 1 is 1.23 bits per heavy atom. The molecule has 0 heterocycles. The molecule has 0 fully saturated rings. The van der Waals surface area contributed by atoms with Crippen molar-refractivity contribution in [2.75, 3.05) is 6.61 Å². The van der Waals surface area contributed by atoms with E-state index in [0.29, 0.717) is 5.56 Å². The fourth-order valence-corrected chi connectivity index (χ4v) is 3.14. The summed E-state index contributed by atoms with van der Waals surface area (Å²) in [5.74, 6) is -1.01. The third-order valence-electron chi connectivity index (χ3n) is 2.59. The largest absolute Gasteiger partial charge is 0.454 e. The molecule has 7 heteroatoms. The summed E-state index contributed by atoms with van der Waals surface area (Å²) in [6.45, 7) is 7.80. The maximum atomic E-state index is 12.3. The van der Waals surface area contributed by atoms with Gasteiger partial charge in [0.25, 0.3) is 0 Å². The molecule has 6 nitrogen and oxygen atoms in total. The Bertz CT molecular complexity index is 686. The number of hydrogen-bond donors (Lipinski definition) is 1. The fraction of sp³-hybridized carbons (Fsp3) is 0.467. The number of carbonyl (C=O) groups excluding carboxylic acids is 2. The Labute approximate surface area is 130 Å². The average molecular weight is 327 g/mol. The first kappa shape index (κ1) is 18.3. The van der Waals surface area contributed by atoms with Gasteiger partial charge in [-0.05, 0) is 52.3 Å². The second-order valence-corrected chi connectivity index (χ2v) is 7.79. The molecule has 0 saturated carbocycles. The predicted octanol–water partition coefficient (Wildman–Crippen LogP) is 1.82. The van der Waals surface area contributed by atoms with Gasteiger partial charge < -0.3 is 4.74 Å². The summed E-state index contributed by atoms with van der Waals surface area (Å²) in [6, 6.07) is 4.21. The van der Waals surface area contributed by atoms with Gasteiger partial charge in [-0.2, -0.15) is 0 Å². The van der Waals surface area contributed by atoms with Crippen molar-refractivity contribution in [1.82, 2.24) is 4.72 Å². The molecule has 0 aromatic heterocycles. The Balaban J connectivity index is 3.14. The van der Waals surface area contributed by atoms with E-state index in [1.165, 1.54) is 25.1 Å². The van der Waals surface area contributed by atoms with Gasteiger partial charge in [-0.25, -0.2) is 17.9 Å². The standard InChI is InChI=1S/C15H21NO5S/c1-10-6-7-12(22(19,20)16-15(3,4)5)8-13(10)14(18)21-9-11(2)17/h6-8,16H,9H2,1-5H3. The van der Waals surface area contributed by atoms with Crippen LogP contribution in [0.4, 0.5) is 0 Å². The number of aryl methyl sites for hydroxylation is 1. The number of Topliss-reactive ketones (excluding diaryl/α,β-unsaturated/α-hetero) is 1. The van der Waals surface area contributed by atoms with Crippen LogP contribution in [-0.4, -0.2) is 32.3 Å². The van der Waals surface area contributed by atoms with Crippen LogP contribution in [0, 0.1) is 6.92 Å². The molecule has 0 radical (unpaired) electrons. The van der Waals surface area contributed by atoms with Crippen LogP contribution in [-0.2, 0) is 19.6 Å². The first-order chi connectivity index (χ1) is 9.92. The number of rotatable bonds is 5. The normalized spacial score (nSPS) is 12.0. The Morgan fingerprint density at radius 2 is 1.82 bits per heavy atom.